The quantitative estimate of drug-likeness (QED) is 0.161. The summed E-state index contributed by atoms with van der Waals surface area (Å²) in [4.78, 5) is 10.6. The van der Waals surface area contributed by atoms with Gasteiger partial charge < -0.3 is 0 Å². The fraction of sp³-hybridized carbons (Fsp3) is 0.0370. The van der Waals surface area contributed by atoms with E-state index >= 15 is 0 Å². The molecule has 0 radical (unpaired) electrons. The number of fused-ring (bicyclic) bond motifs is 6. The van der Waals surface area contributed by atoms with Crippen LogP contribution in [0.2, 0.25) is 0 Å². The average molecular weight is 777 g/mol. The zero-order valence-electron chi connectivity index (χ0n) is 31.6. The van der Waals surface area contributed by atoms with Gasteiger partial charge in [-0.3, -0.25) is 0 Å². The van der Waals surface area contributed by atoms with Gasteiger partial charge in [0.15, 0.2) is 5.84 Å². The summed E-state index contributed by atoms with van der Waals surface area (Å²) in [6.07, 6.45) is 4.00. The lowest BCUT2D eigenvalue weighted by atomic mass is 9.93. The third-order valence-electron chi connectivity index (χ3n) is 11.2. The van der Waals surface area contributed by atoms with Crippen LogP contribution in [0.4, 0.5) is 0 Å². The van der Waals surface area contributed by atoms with Crippen LogP contribution in [0.15, 0.2) is 204 Å². The minimum atomic E-state index is 0.743. The molecule has 2 aromatic heterocycles. The van der Waals surface area contributed by atoms with E-state index in [0.29, 0.717) is 0 Å². The van der Waals surface area contributed by atoms with E-state index in [1.165, 1.54) is 73.7 Å². The van der Waals surface area contributed by atoms with E-state index in [4.69, 9.17) is 9.98 Å². The molecule has 0 atom stereocenters. The van der Waals surface area contributed by atoms with Crippen molar-refractivity contribution in [3.05, 3.63) is 211 Å². The van der Waals surface area contributed by atoms with E-state index in [0.717, 1.165) is 46.8 Å². The smallest absolute Gasteiger partial charge is 0.160 e. The molecule has 0 aliphatic carbocycles. The van der Waals surface area contributed by atoms with Gasteiger partial charge in [0, 0.05) is 57.0 Å². The molecule has 0 spiro atoms. The van der Waals surface area contributed by atoms with Crippen molar-refractivity contribution in [3.8, 4) is 33.4 Å². The van der Waals surface area contributed by atoms with Crippen molar-refractivity contribution in [3.63, 3.8) is 0 Å². The van der Waals surface area contributed by atoms with Crippen LogP contribution >= 0.6 is 22.7 Å². The first-order valence-electron chi connectivity index (χ1n) is 19.8. The molecule has 0 N–H and O–H groups in total. The summed E-state index contributed by atoms with van der Waals surface area (Å²) in [5.74, 6) is 0.743. The predicted octanol–water partition coefficient (Wildman–Crippen LogP) is 15.5. The summed E-state index contributed by atoms with van der Waals surface area (Å²) in [6.45, 7) is 0. The maximum absolute atomic E-state index is 5.35. The van der Waals surface area contributed by atoms with Crippen LogP contribution in [0.5, 0.6) is 0 Å². The SMILES string of the molecule is C1=C(c2cccc3c2sc2ccc(-c4cc(-c5cccc(-c6ccccc6)c5)cc5c4sc4ccccc45)cc23)/N=C(c2ccccc2)\N=C(\c2ccccc2)CC\1. The monoisotopic (exact) mass is 776 g/mol. The van der Waals surface area contributed by atoms with Crippen LogP contribution in [-0.2, 0) is 0 Å². The Morgan fingerprint density at radius 3 is 1.76 bits per heavy atom. The second-order valence-corrected chi connectivity index (χ2v) is 16.9. The first kappa shape index (κ1) is 34.5. The second-order valence-electron chi connectivity index (χ2n) is 14.8. The number of hydrogen-bond acceptors (Lipinski definition) is 4. The van der Waals surface area contributed by atoms with E-state index in [-0.39, 0.29) is 0 Å². The maximum atomic E-state index is 5.35. The summed E-state index contributed by atoms with van der Waals surface area (Å²) in [6, 6.07) is 67.9. The van der Waals surface area contributed by atoms with Crippen molar-refractivity contribution in [1.82, 2.24) is 0 Å². The highest BCUT2D eigenvalue weighted by molar-refractivity contribution is 7.26. The molecule has 274 valence electrons. The summed E-state index contributed by atoms with van der Waals surface area (Å²) in [5, 5.41) is 5.14. The van der Waals surface area contributed by atoms with E-state index in [9.17, 15) is 0 Å². The Bertz CT molecular complexity index is 3260. The first-order valence-corrected chi connectivity index (χ1v) is 21.4. The van der Waals surface area contributed by atoms with Gasteiger partial charge in [-0.05, 0) is 82.6 Å². The molecule has 0 amide bonds. The predicted molar refractivity (Wildman–Crippen MR) is 252 cm³/mol. The molecule has 11 rings (SSSR count). The Labute approximate surface area is 345 Å². The molecule has 2 nitrogen and oxygen atoms in total. The van der Waals surface area contributed by atoms with E-state index < -0.39 is 0 Å². The Kier molecular flexibility index (Phi) is 8.72. The number of amidine groups is 1. The highest BCUT2D eigenvalue weighted by Crippen LogP contribution is 2.46. The van der Waals surface area contributed by atoms with Crippen molar-refractivity contribution < 1.29 is 0 Å². The van der Waals surface area contributed by atoms with Gasteiger partial charge in [-0.15, -0.1) is 22.7 Å². The Morgan fingerprint density at radius 1 is 0.362 bits per heavy atom. The summed E-state index contributed by atoms with van der Waals surface area (Å²) in [5.41, 5.74) is 12.7. The van der Waals surface area contributed by atoms with Crippen molar-refractivity contribution in [2.75, 3.05) is 0 Å². The van der Waals surface area contributed by atoms with E-state index in [1.807, 2.05) is 28.7 Å². The maximum Gasteiger partial charge on any atom is 0.160 e. The second kappa shape index (κ2) is 14.7. The van der Waals surface area contributed by atoms with Crippen LogP contribution in [0.3, 0.4) is 0 Å². The number of benzene rings is 8. The molecule has 3 heterocycles. The van der Waals surface area contributed by atoms with Crippen LogP contribution in [0.25, 0.3) is 79.4 Å². The number of nitrogens with zero attached hydrogens (tertiary/aromatic N) is 2. The summed E-state index contributed by atoms with van der Waals surface area (Å²) < 4.78 is 5.15. The molecule has 0 unspecified atom stereocenters. The van der Waals surface area contributed by atoms with Gasteiger partial charge in [0.2, 0.25) is 0 Å². The third kappa shape index (κ3) is 6.28. The number of rotatable bonds is 6. The lowest BCUT2D eigenvalue weighted by Crippen LogP contribution is -2.09. The fourth-order valence-corrected chi connectivity index (χ4v) is 10.8. The van der Waals surface area contributed by atoms with Crippen LogP contribution in [-0.4, -0.2) is 11.5 Å². The average Bonchev–Trinajstić information content (AvgIpc) is 3.85. The highest BCUT2D eigenvalue weighted by atomic mass is 32.1. The van der Waals surface area contributed by atoms with Crippen molar-refractivity contribution in [1.29, 1.82) is 0 Å². The summed E-state index contributed by atoms with van der Waals surface area (Å²) >= 11 is 3.75. The van der Waals surface area contributed by atoms with Gasteiger partial charge in [-0.25, -0.2) is 9.98 Å². The van der Waals surface area contributed by atoms with Gasteiger partial charge in [-0.1, -0.05) is 158 Å². The molecule has 0 saturated heterocycles. The van der Waals surface area contributed by atoms with Crippen molar-refractivity contribution >= 4 is 80.3 Å². The third-order valence-corrected chi connectivity index (χ3v) is 13.6. The minimum Gasteiger partial charge on any atom is -0.232 e. The highest BCUT2D eigenvalue weighted by Gasteiger charge is 2.19. The number of hydrogen-bond donors (Lipinski definition) is 0. The van der Waals surface area contributed by atoms with Crippen molar-refractivity contribution in [2.24, 2.45) is 9.98 Å². The first-order chi connectivity index (χ1) is 28.7. The molecule has 8 aromatic carbocycles. The number of allylic oxidation sites excluding steroid dienone is 1. The van der Waals surface area contributed by atoms with Gasteiger partial charge in [0.05, 0.1) is 11.4 Å². The minimum absolute atomic E-state index is 0.743. The van der Waals surface area contributed by atoms with Crippen LogP contribution < -0.4 is 0 Å². The van der Waals surface area contributed by atoms with Crippen LogP contribution in [0.1, 0.15) is 29.5 Å². The molecule has 58 heavy (non-hydrogen) atoms. The van der Waals surface area contributed by atoms with Gasteiger partial charge in [0.1, 0.15) is 0 Å². The van der Waals surface area contributed by atoms with Crippen molar-refractivity contribution in [2.45, 2.75) is 12.8 Å². The molecule has 0 saturated carbocycles. The van der Waals surface area contributed by atoms with E-state index in [2.05, 4.69) is 188 Å². The number of aliphatic imine (C=N–C) groups is 2. The largest absolute Gasteiger partial charge is 0.232 e. The molecule has 0 bridgehead atoms. The normalized spacial score (nSPS) is 16.0. The lowest BCUT2D eigenvalue weighted by molar-refractivity contribution is 1.09. The molecule has 4 heteroatoms. The van der Waals surface area contributed by atoms with Gasteiger partial charge in [-0.2, -0.15) is 0 Å². The van der Waals surface area contributed by atoms with E-state index in [1.54, 1.807) is 0 Å². The fourth-order valence-electron chi connectivity index (χ4n) is 8.32. The molecular weight excluding hydrogens is 741 g/mol. The Hall–Kier alpha value is -6.72. The standard InChI is InChI=1S/C54H36N2S2/c1-4-15-35(16-5-1)38-21-12-22-39(31-38)41-33-45(53-47(34-41)42-23-10-11-28-50(42)57-53)40-29-30-51-46(32-40)43-24-13-25-44(52(43)58-51)49-27-14-26-48(36-17-6-2-7-18-36)55-54(56-49)37-19-8-3-9-20-37/h1-13,15-25,27-34H,14,26H2/b49-27-,55-48+,56-54-. The van der Waals surface area contributed by atoms with Crippen LogP contribution in [0, 0.1) is 0 Å². The summed E-state index contributed by atoms with van der Waals surface area (Å²) in [7, 11) is 0. The molecule has 1 aliphatic rings. The topological polar surface area (TPSA) is 24.7 Å². The molecule has 10 aromatic rings. The molecule has 0 fully saturated rings. The Morgan fingerprint density at radius 2 is 0.966 bits per heavy atom. The zero-order valence-corrected chi connectivity index (χ0v) is 33.2. The van der Waals surface area contributed by atoms with Gasteiger partial charge >= 0.3 is 0 Å². The Balaban J connectivity index is 1.06. The lowest BCUT2D eigenvalue weighted by Gasteiger charge is -2.13. The van der Waals surface area contributed by atoms with Gasteiger partial charge in [0.25, 0.3) is 0 Å². The zero-order chi connectivity index (χ0) is 38.4. The molecule has 1 aliphatic heterocycles. The molecular formula is C54H36N2S2. The number of thiophene rings is 2.